The van der Waals surface area contributed by atoms with Crippen LogP contribution >= 0.6 is 0 Å². The van der Waals surface area contributed by atoms with Gasteiger partial charge in [-0.05, 0) is 61.6 Å². The van der Waals surface area contributed by atoms with Gasteiger partial charge in [0.2, 0.25) is 12.7 Å². The number of aryl methyl sites for hydroxylation is 2. The number of carbonyl (C=O) groups excluding carboxylic acids is 2. The quantitative estimate of drug-likeness (QED) is 0.756. The highest BCUT2D eigenvalue weighted by atomic mass is 16.7. The molecule has 0 aromatic heterocycles. The lowest BCUT2D eigenvalue weighted by Crippen LogP contribution is -2.40. The van der Waals surface area contributed by atoms with Gasteiger partial charge in [-0.25, -0.2) is 0 Å². The number of Topliss-reactive ketones (excluding diaryl/α,β-unsaturated/α-hetero) is 1. The Labute approximate surface area is 169 Å². The van der Waals surface area contributed by atoms with Crippen LogP contribution in [0.25, 0.3) is 0 Å². The SMILES string of the molecule is Cc1ccc(C)c(N2C(=O)CC(c3ccc4c(c3)OCO4)C3=C2CCCC3=O)c1. The summed E-state index contributed by atoms with van der Waals surface area (Å²) in [6.45, 7) is 4.24. The molecular weight excluding hydrogens is 366 g/mol. The first kappa shape index (κ1) is 18.0. The third kappa shape index (κ3) is 2.92. The highest BCUT2D eigenvalue weighted by molar-refractivity contribution is 6.07. The Hall–Kier alpha value is -3.08. The zero-order valence-electron chi connectivity index (χ0n) is 16.7. The van der Waals surface area contributed by atoms with Crippen molar-refractivity contribution in [2.24, 2.45) is 0 Å². The largest absolute Gasteiger partial charge is 0.454 e. The molecular formula is C24H23NO4. The zero-order valence-corrected chi connectivity index (χ0v) is 16.7. The van der Waals surface area contributed by atoms with Crippen LogP contribution in [-0.2, 0) is 9.59 Å². The Morgan fingerprint density at radius 3 is 2.66 bits per heavy atom. The fourth-order valence-corrected chi connectivity index (χ4v) is 4.65. The Morgan fingerprint density at radius 2 is 1.79 bits per heavy atom. The molecule has 2 aromatic rings. The van der Waals surface area contributed by atoms with E-state index < -0.39 is 0 Å². The molecule has 5 rings (SSSR count). The molecule has 148 valence electrons. The van der Waals surface area contributed by atoms with Crippen molar-refractivity contribution >= 4 is 17.4 Å². The Balaban J connectivity index is 1.65. The predicted molar refractivity (Wildman–Crippen MR) is 109 cm³/mol. The Kier molecular flexibility index (Phi) is 4.19. The maximum absolute atomic E-state index is 13.4. The van der Waals surface area contributed by atoms with Crippen molar-refractivity contribution in [1.82, 2.24) is 0 Å². The van der Waals surface area contributed by atoms with Gasteiger partial charge in [0, 0.05) is 30.0 Å². The minimum atomic E-state index is -0.235. The molecule has 5 heteroatoms. The van der Waals surface area contributed by atoms with Crippen LogP contribution in [0.4, 0.5) is 5.69 Å². The van der Waals surface area contributed by atoms with Gasteiger partial charge in [0.05, 0.1) is 5.69 Å². The first-order chi connectivity index (χ1) is 14.0. The van der Waals surface area contributed by atoms with E-state index in [1.165, 1.54) is 0 Å². The van der Waals surface area contributed by atoms with Gasteiger partial charge in [-0.3, -0.25) is 14.5 Å². The number of ketones is 1. The fraction of sp³-hybridized carbons (Fsp3) is 0.333. The van der Waals surface area contributed by atoms with E-state index in [4.69, 9.17) is 9.47 Å². The molecule has 2 heterocycles. The van der Waals surface area contributed by atoms with Crippen LogP contribution in [0.2, 0.25) is 0 Å². The summed E-state index contributed by atoms with van der Waals surface area (Å²) in [7, 11) is 0. The topological polar surface area (TPSA) is 55.8 Å². The summed E-state index contributed by atoms with van der Waals surface area (Å²) in [5.41, 5.74) is 5.62. The summed E-state index contributed by atoms with van der Waals surface area (Å²) in [4.78, 5) is 28.2. The highest BCUT2D eigenvalue weighted by Crippen LogP contribution is 2.46. The van der Waals surface area contributed by atoms with Crippen molar-refractivity contribution in [2.75, 3.05) is 11.7 Å². The molecule has 0 bridgehead atoms. The molecule has 0 spiro atoms. The molecule has 1 aliphatic carbocycles. The van der Waals surface area contributed by atoms with Gasteiger partial charge in [-0.1, -0.05) is 18.2 Å². The van der Waals surface area contributed by atoms with E-state index in [1.807, 2.05) is 50.2 Å². The standard InChI is InChI=1S/C24H23NO4/c1-14-6-7-15(2)19(10-14)25-18-4-3-5-20(26)24(18)17(12-23(25)27)16-8-9-21-22(11-16)29-13-28-21/h6-11,17H,3-5,12-13H2,1-2H3. The fourth-order valence-electron chi connectivity index (χ4n) is 4.65. The molecule has 0 radical (unpaired) electrons. The third-order valence-corrected chi connectivity index (χ3v) is 6.08. The Bertz CT molecular complexity index is 1070. The molecule has 1 unspecified atom stereocenters. The third-order valence-electron chi connectivity index (χ3n) is 6.08. The second-order valence-corrected chi connectivity index (χ2v) is 8.03. The monoisotopic (exact) mass is 389 g/mol. The van der Waals surface area contributed by atoms with Crippen LogP contribution < -0.4 is 14.4 Å². The summed E-state index contributed by atoms with van der Waals surface area (Å²) in [5.74, 6) is 1.34. The van der Waals surface area contributed by atoms with Gasteiger partial charge in [0.15, 0.2) is 17.3 Å². The van der Waals surface area contributed by atoms with Crippen LogP contribution in [0.3, 0.4) is 0 Å². The number of ether oxygens (including phenoxy) is 2. The molecule has 2 aliphatic heterocycles. The number of fused-ring (bicyclic) bond motifs is 1. The van der Waals surface area contributed by atoms with Crippen molar-refractivity contribution in [3.63, 3.8) is 0 Å². The van der Waals surface area contributed by atoms with Gasteiger partial charge in [-0.2, -0.15) is 0 Å². The number of hydrogen-bond acceptors (Lipinski definition) is 4. The summed E-state index contributed by atoms with van der Waals surface area (Å²) < 4.78 is 10.9. The number of anilines is 1. The predicted octanol–water partition coefficient (Wildman–Crippen LogP) is 4.56. The van der Waals surface area contributed by atoms with Gasteiger partial charge < -0.3 is 9.47 Å². The van der Waals surface area contributed by atoms with Crippen molar-refractivity contribution in [1.29, 1.82) is 0 Å². The van der Waals surface area contributed by atoms with Gasteiger partial charge in [0.1, 0.15) is 0 Å². The van der Waals surface area contributed by atoms with Crippen molar-refractivity contribution in [3.05, 3.63) is 64.4 Å². The number of carbonyl (C=O) groups is 2. The molecule has 5 nitrogen and oxygen atoms in total. The smallest absolute Gasteiger partial charge is 0.232 e. The van der Waals surface area contributed by atoms with Crippen molar-refractivity contribution in [3.8, 4) is 11.5 Å². The minimum absolute atomic E-state index is 0.0369. The van der Waals surface area contributed by atoms with E-state index in [0.29, 0.717) is 17.9 Å². The lowest BCUT2D eigenvalue weighted by atomic mass is 9.77. The van der Waals surface area contributed by atoms with Gasteiger partial charge in [-0.15, -0.1) is 0 Å². The number of allylic oxidation sites excluding steroid dienone is 2. The van der Waals surface area contributed by atoms with E-state index in [-0.39, 0.29) is 30.8 Å². The van der Waals surface area contributed by atoms with Crippen LogP contribution in [0.15, 0.2) is 47.7 Å². The van der Waals surface area contributed by atoms with E-state index in [9.17, 15) is 9.59 Å². The Morgan fingerprint density at radius 1 is 0.966 bits per heavy atom. The number of amides is 1. The molecule has 29 heavy (non-hydrogen) atoms. The highest BCUT2D eigenvalue weighted by Gasteiger charge is 2.40. The molecule has 1 atom stereocenters. The van der Waals surface area contributed by atoms with E-state index in [2.05, 4.69) is 0 Å². The van der Waals surface area contributed by atoms with E-state index in [1.54, 1.807) is 4.90 Å². The van der Waals surface area contributed by atoms with Crippen LogP contribution in [0.5, 0.6) is 11.5 Å². The number of benzene rings is 2. The maximum Gasteiger partial charge on any atom is 0.232 e. The van der Waals surface area contributed by atoms with Gasteiger partial charge in [0.25, 0.3) is 0 Å². The average molecular weight is 389 g/mol. The van der Waals surface area contributed by atoms with Crippen molar-refractivity contribution in [2.45, 2.75) is 45.4 Å². The summed E-state index contributed by atoms with van der Waals surface area (Å²) in [5, 5.41) is 0. The normalized spacial score (nSPS) is 20.9. The molecule has 0 fully saturated rings. The summed E-state index contributed by atoms with van der Waals surface area (Å²) in [6, 6.07) is 11.9. The molecule has 1 amide bonds. The van der Waals surface area contributed by atoms with Crippen LogP contribution in [0.1, 0.15) is 48.3 Å². The second-order valence-electron chi connectivity index (χ2n) is 8.03. The van der Waals surface area contributed by atoms with Gasteiger partial charge >= 0.3 is 0 Å². The van der Waals surface area contributed by atoms with Crippen LogP contribution in [-0.4, -0.2) is 18.5 Å². The zero-order chi connectivity index (χ0) is 20.1. The lowest BCUT2D eigenvalue weighted by molar-refractivity contribution is -0.119. The number of rotatable bonds is 2. The van der Waals surface area contributed by atoms with E-state index in [0.717, 1.165) is 46.5 Å². The lowest BCUT2D eigenvalue weighted by Gasteiger charge is -2.39. The molecule has 2 aromatic carbocycles. The molecule has 0 saturated heterocycles. The van der Waals surface area contributed by atoms with Crippen LogP contribution in [0, 0.1) is 13.8 Å². The first-order valence-electron chi connectivity index (χ1n) is 10.1. The van der Waals surface area contributed by atoms with E-state index >= 15 is 0 Å². The minimum Gasteiger partial charge on any atom is -0.454 e. The number of nitrogens with zero attached hydrogens (tertiary/aromatic N) is 1. The summed E-state index contributed by atoms with van der Waals surface area (Å²) >= 11 is 0. The average Bonchev–Trinajstić information content (AvgIpc) is 3.17. The maximum atomic E-state index is 13.4. The second kappa shape index (κ2) is 6.76. The number of hydrogen-bond donors (Lipinski definition) is 0. The summed E-state index contributed by atoms with van der Waals surface area (Å²) in [6.07, 6.45) is 2.33. The first-order valence-corrected chi connectivity index (χ1v) is 10.1. The molecule has 3 aliphatic rings. The van der Waals surface area contributed by atoms with Crippen molar-refractivity contribution < 1.29 is 19.1 Å². The molecule has 0 saturated carbocycles. The molecule has 0 N–H and O–H groups in total.